The van der Waals surface area contributed by atoms with Crippen LogP contribution in [-0.2, 0) is 6.54 Å². The van der Waals surface area contributed by atoms with Gasteiger partial charge >= 0.3 is 0 Å². The summed E-state index contributed by atoms with van der Waals surface area (Å²) in [5.74, 6) is 1.01. The quantitative estimate of drug-likeness (QED) is 0.653. The third-order valence-electron chi connectivity index (χ3n) is 3.08. The van der Waals surface area contributed by atoms with Crippen LogP contribution in [0.3, 0.4) is 0 Å². The minimum absolute atomic E-state index is 0.0813. The van der Waals surface area contributed by atoms with Crippen LogP contribution in [0, 0.1) is 5.82 Å². The molecule has 0 spiro atoms. The molecular weight excluding hydrogens is 307 g/mol. The van der Waals surface area contributed by atoms with E-state index in [2.05, 4.69) is 10.6 Å². The molecule has 1 aromatic carbocycles. The number of halogens is 2. The molecule has 22 heavy (non-hydrogen) atoms. The first kappa shape index (κ1) is 17.0. The molecule has 2 rings (SSSR count). The van der Waals surface area contributed by atoms with E-state index >= 15 is 0 Å². The summed E-state index contributed by atoms with van der Waals surface area (Å²) in [5, 5.41) is 15.5. The highest BCUT2D eigenvalue weighted by molar-refractivity contribution is 6.31. The Balaban J connectivity index is 1.80. The average molecular weight is 327 g/mol. The van der Waals surface area contributed by atoms with Gasteiger partial charge in [-0.15, -0.1) is 0 Å². The Hall–Kier alpha value is -1.40. The van der Waals surface area contributed by atoms with Crippen molar-refractivity contribution in [3.05, 3.63) is 46.9 Å². The Morgan fingerprint density at radius 1 is 1.23 bits per heavy atom. The van der Waals surface area contributed by atoms with Crippen molar-refractivity contribution in [2.24, 2.45) is 0 Å². The minimum Gasteiger partial charge on any atom is -0.460 e. The van der Waals surface area contributed by atoms with Crippen molar-refractivity contribution in [3.8, 4) is 11.3 Å². The maximum atomic E-state index is 13.1. The first-order valence-corrected chi connectivity index (χ1v) is 7.57. The molecule has 0 fully saturated rings. The minimum atomic E-state index is -0.441. The van der Waals surface area contributed by atoms with Crippen molar-refractivity contribution in [2.45, 2.75) is 19.6 Å². The maximum Gasteiger partial charge on any atom is 0.141 e. The fourth-order valence-corrected chi connectivity index (χ4v) is 2.16. The lowest BCUT2D eigenvalue weighted by atomic mass is 10.2. The van der Waals surface area contributed by atoms with Crippen LogP contribution in [0.4, 0.5) is 4.39 Å². The van der Waals surface area contributed by atoms with E-state index < -0.39 is 5.82 Å². The number of hydrogen-bond donors (Lipinski definition) is 3. The highest BCUT2D eigenvalue weighted by atomic mass is 35.5. The van der Waals surface area contributed by atoms with Crippen LogP contribution in [0.1, 0.15) is 12.7 Å². The summed E-state index contributed by atoms with van der Waals surface area (Å²) in [7, 11) is 0. The lowest BCUT2D eigenvalue weighted by molar-refractivity contribution is 0.191. The molecule has 4 nitrogen and oxygen atoms in total. The Bertz CT molecular complexity index is 602. The zero-order chi connectivity index (χ0) is 15.9. The van der Waals surface area contributed by atoms with Crippen molar-refractivity contribution < 1.29 is 13.9 Å². The molecule has 0 amide bonds. The van der Waals surface area contributed by atoms with E-state index in [0.29, 0.717) is 18.8 Å². The van der Waals surface area contributed by atoms with Crippen molar-refractivity contribution in [1.29, 1.82) is 0 Å². The molecule has 0 aliphatic heterocycles. The van der Waals surface area contributed by atoms with Crippen LogP contribution in [0.2, 0.25) is 5.02 Å². The first-order valence-electron chi connectivity index (χ1n) is 7.20. The summed E-state index contributed by atoms with van der Waals surface area (Å²) in [4.78, 5) is 0. The molecule has 0 saturated carbocycles. The number of furan rings is 1. The number of rotatable bonds is 8. The van der Waals surface area contributed by atoms with E-state index in [1.165, 1.54) is 6.07 Å². The van der Waals surface area contributed by atoms with Crippen LogP contribution < -0.4 is 10.6 Å². The number of aliphatic hydroxyl groups is 1. The number of nitrogens with one attached hydrogen (secondary N) is 2. The van der Waals surface area contributed by atoms with Crippen molar-refractivity contribution in [2.75, 3.05) is 19.6 Å². The molecule has 6 heteroatoms. The smallest absolute Gasteiger partial charge is 0.141 e. The molecule has 2 aromatic rings. The highest BCUT2D eigenvalue weighted by Gasteiger charge is 2.07. The Kier molecular flexibility index (Phi) is 6.39. The molecule has 0 bridgehead atoms. The Morgan fingerprint density at radius 3 is 2.73 bits per heavy atom. The summed E-state index contributed by atoms with van der Waals surface area (Å²) in [6, 6.07) is 8.23. The summed E-state index contributed by atoms with van der Waals surface area (Å²) < 4.78 is 18.8. The van der Waals surface area contributed by atoms with Crippen LogP contribution in [-0.4, -0.2) is 30.8 Å². The molecule has 0 aliphatic carbocycles. The van der Waals surface area contributed by atoms with E-state index in [4.69, 9.17) is 21.1 Å². The number of hydrogen-bond acceptors (Lipinski definition) is 4. The van der Waals surface area contributed by atoms with Crippen LogP contribution in [0.25, 0.3) is 11.3 Å². The summed E-state index contributed by atoms with van der Waals surface area (Å²) >= 11 is 5.77. The second-order valence-corrected chi connectivity index (χ2v) is 5.53. The maximum absolute atomic E-state index is 13.1. The molecule has 1 aromatic heterocycles. The third-order valence-corrected chi connectivity index (χ3v) is 3.37. The van der Waals surface area contributed by atoms with Crippen molar-refractivity contribution in [3.63, 3.8) is 0 Å². The molecule has 0 aliphatic rings. The van der Waals surface area contributed by atoms with Crippen LogP contribution in [0.15, 0.2) is 34.7 Å². The number of benzene rings is 1. The predicted octanol–water partition coefficient (Wildman–Crippen LogP) is 2.80. The van der Waals surface area contributed by atoms with Gasteiger partial charge in [0.15, 0.2) is 0 Å². The van der Waals surface area contributed by atoms with Gasteiger partial charge in [0.1, 0.15) is 17.3 Å². The highest BCUT2D eigenvalue weighted by Crippen LogP contribution is 2.26. The molecule has 120 valence electrons. The third kappa shape index (κ3) is 5.10. The van der Waals surface area contributed by atoms with Gasteiger partial charge in [0.05, 0.1) is 17.7 Å². The first-order chi connectivity index (χ1) is 10.6. The van der Waals surface area contributed by atoms with E-state index in [1.54, 1.807) is 19.1 Å². The van der Waals surface area contributed by atoms with E-state index in [0.717, 1.165) is 24.4 Å². The van der Waals surface area contributed by atoms with Gasteiger partial charge in [-0.25, -0.2) is 4.39 Å². The lowest BCUT2D eigenvalue weighted by Gasteiger charge is -2.07. The van der Waals surface area contributed by atoms with Gasteiger partial charge in [-0.2, -0.15) is 0 Å². The van der Waals surface area contributed by atoms with Gasteiger partial charge in [0.25, 0.3) is 0 Å². The second kappa shape index (κ2) is 8.29. The molecule has 0 saturated heterocycles. The van der Waals surface area contributed by atoms with Crippen molar-refractivity contribution in [1.82, 2.24) is 10.6 Å². The zero-order valence-corrected chi connectivity index (χ0v) is 13.2. The van der Waals surface area contributed by atoms with Gasteiger partial charge in [-0.1, -0.05) is 11.6 Å². The molecule has 0 radical (unpaired) electrons. The van der Waals surface area contributed by atoms with Gasteiger partial charge in [-0.3, -0.25) is 0 Å². The van der Waals surface area contributed by atoms with E-state index in [9.17, 15) is 4.39 Å². The molecule has 3 N–H and O–H groups in total. The number of aliphatic hydroxyl groups excluding tert-OH is 1. The molecular formula is C16H20ClFN2O2. The van der Waals surface area contributed by atoms with E-state index in [-0.39, 0.29) is 11.1 Å². The van der Waals surface area contributed by atoms with Crippen LogP contribution >= 0.6 is 11.6 Å². The monoisotopic (exact) mass is 326 g/mol. The van der Waals surface area contributed by atoms with Gasteiger partial charge < -0.3 is 20.2 Å². The largest absolute Gasteiger partial charge is 0.460 e. The van der Waals surface area contributed by atoms with Gasteiger partial charge in [0.2, 0.25) is 0 Å². The zero-order valence-electron chi connectivity index (χ0n) is 12.4. The summed E-state index contributed by atoms with van der Waals surface area (Å²) in [5.41, 5.74) is 0.747. The molecule has 1 heterocycles. The SMILES string of the molecule is C[C@H](O)CNCCNCc1ccc(-c2ccc(F)c(Cl)c2)o1. The van der Waals surface area contributed by atoms with Crippen molar-refractivity contribution >= 4 is 11.6 Å². The summed E-state index contributed by atoms with van der Waals surface area (Å²) in [6.07, 6.45) is -0.338. The Labute approximate surface area is 134 Å². The second-order valence-electron chi connectivity index (χ2n) is 5.12. The lowest BCUT2D eigenvalue weighted by Crippen LogP contribution is -2.31. The fraction of sp³-hybridized carbons (Fsp3) is 0.375. The Morgan fingerprint density at radius 2 is 2.00 bits per heavy atom. The van der Waals surface area contributed by atoms with E-state index in [1.807, 2.05) is 12.1 Å². The topological polar surface area (TPSA) is 57.4 Å². The summed E-state index contributed by atoms with van der Waals surface area (Å²) in [6.45, 7) is 4.47. The molecule has 1 atom stereocenters. The molecule has 0 unspecified atom stereocenters. The predicted molar refractivity (Wildman–Crippen MR) is 85.4 cm³/mol. The van der Waals surface area contributed by atoms with Gasteiger partial charge in [0, 0.05) is 25.2 Å². The van der Waals surface area contributed by atoms with Gasteiger partial charge in [-0.05, 0) is 37.3 Å². The fourth-order valence-electron chi connectivity index (χ4n) is 1.98. The standard InChI is InChI=1S/C16H20ClFN2O2/c1-11(21)9-19-6-7-20-10-13-3-5-16(22-13)12-2-4-15(18)14(17)8-12/h2-5,8,11,19-21H,6-7,9-10H2,1H3/t11-/m0/s1. The normalized spacial score (nSPS) is 12.5. The van der Waals surface area contributed by atoms with Crippen LogP contribution in [0.5, 0.6) is 0 Å². The average Bonchev–Trinajstić information content (AvgIpc) is 2.94.